The lowest BCUT2D eigenvalue weighted by Crippen LogP contribution is -3.00. The summed E-state index contributed by atoms with van der Waals surface area (Å²) in [6.45, 7) is 9.26. The molecule has 1 unspecified atom stereocenters. The first-order valence-electron chi connectivity index (χ1n) is 7.21. The third-order valence-electron chi connectivity index (χ3n) is 4.56. The standard InChI is InChI=1S/C15H26N2O.ClH/c1-3-7-15(8-5-4-6-14(15)18)13-17-11-9-16(2)10-12-17;/h3H,1,4-13H2,2H3;1H/p-1. The number of allylic oxidation sites excluding steroid dienone is 1. The lowest BCUT2D eigenvalue weighted by Gasteiger charge is -2.42. The van der Waals surface area contributed by atoms with Crippen LogP contribution in [0.15, 0.2) is 12.7 Å². The zero-order chi connectivity index (χ0) is 13.0. The molecule has 0 aromatic carbocycles. The summed E-state index contributed by atoms with van der Waals surface area (Å²) < 4.78 is 0. The van der Waals surface area contributed by atoms with Gasteiger partial charge in [0.2, 0.25) is 0 Å². The number of carbonyl (C=O) groups excluding carboxylic acids is 1. The van der Waals surface area contributed by atoms with Gasteiger partial charge in [0.1, 0.15) is 5.78 Å². The van der Waals surface area contributed by atoms with Crippen LogP contribution in [0.5, 0.6) is 0 Å². The van der Waals surface area contributed by atoms with E-state index in [0.717, 1.165) is 58.4 Å². The van der Waals surface area contributed by atoms with Crippen molar-refractivity contribution in [3.63, 3.8) is 0 Å². The predicted molar refractivity (Wildman–Crippen MR) is 74.7 cm³/mol. The molecule has 4 heteroatoms. The van der Waals surface area contributed by atoms with Gasteiger partial charge >= 0.3 is 0 Å². The molecule has 1 aliphatic carbocycles. The van der Waals surface area contributed by atoms with Crippen LogP contribution in [0, 0.1) is 5.41 Å². The molecule has 1 heterocycles. The van der Waals surface area contributed by atoms with E-state index < -0.39 is 0 Å². The Hall–Kier alpha value is -0.380. The van der Waals surface area contributed by atoms with E-state index in [0.29, 0.717) is 5.78 Å². The quantitative estimate of drug-likeness (QED) is 0.616. The highest BCUT2D eigenvalue weighted by atomic mass is 35.5. The van der Waals surface area contributed by atoms with E-state index in [-0.39, 0.29) is 17.8 Å². The number of carbonyl (C=O) groups is 1. The van der Waals surface area contributed by atoms with Crippen molar-refractivity contribution in [3.05, 3.63) is 12.7 Å². The number of rotatable bonds is 4. The summed E-state index contributed by atoms with van der Waals surface area (Å²) in [5.41, 5.74) is -0.115. The fraction of sp³-hybridized carbons (Fsp3) is 0.800. The van der Waals surface area contributed by atoms with E-state index in [4.69, 9.17) is 0 Å². The van der Waals surface area contributed by atoms with Crippen molar-refractivity contribution in [3.8, 4) is 0 Å². The Balaban J connectivity index is 0.00000180. The highest BCUT2D eigenvalue weighted by Crippen LogP contribution is 2.37. The lowest BCUT2D eigenvalue weighted by molar-refractivity contribution is -0.132. The van der Waals surface area contributed by atoms with Crippen molar-refractivity contribution in [2.24, 2.45) is 5.41 Å². The molecule has 0 bridgehead atoms. The number of nitrogens with zero attached hydrogens (tertiary/aromatic N) is 2. The molecule has 0 N–H and O–H groups in total. The maximum absolute atomic E-state index is 12.4. The van der Waals surface area contributed by atoms with E-state index in [1.807, 2.05) is 6.08 Å². The summed E-state index contributed by atoms with van der Waals surface area (Å²) >= 11 is 0. The second-order valence-corrected chi connectivity index (χ2v) is 5.98. The first-order valence-corrected chi connectivity index (χ1v) is 7.21. The second-order valence-electron chi connectivity index (χ2n) is 5.98. The van der Waals surface area contributed by atoms with Crippen molar-refractivity contribution in [2.75, 3.05) is 39.8 Å². The molecule has 19 heavy (non-hydrogen) atoms. The molecule has 1 saturated heterocycles. The van der Waals surface area contributed by atoms with Crippen LogP contribution in [0.4, 0.5) is 0 Å². The Morgan fingerprint density at radius 1 is 1.26 bits per heavy atom. The smallest absolute Gasteiger partial charge is 0.140 e. The molecule has 0 radical (unpaired) electrons. The molecule has 0 spiro atoms. The van der Waals surface area contributed by atoms with Gasteiger partial charge in [0.05, 0.1) is 0 Å². The summed E-state index contributed by atoms with van der Waals surface area (Å²) in [5.74, 6) is 0.479. The summed E-state index contributed by atoms with van der Waals surface area (Å²) in [4.78, 5) is 17.2. The summed E-state index contributed by atoms with van der Waals surface area (Å²) in [6, 6.07) is 0. The van der Waals surface area contributed by atoms with Crippen molar-refractivity contribution in [1.82, 2.24) is 9.80 Å². The molecule has 1 aliphatic heterocycles. The second kappa shape index (κ2) is 7.41. The van der Waals surface area contributed by atoms with Crippen LogP contribution >= 0.6 is 0 Å². The topological polar surface area (TPSA) is 23.6 Å². The van der Waals surface area contributed by atoms with E-state index in [9.17, 15) is 4.79 Å². The van der Waals surface area contributed by atoms with Crippen LogP contribution in [0.3, 0.4) is 0 Å². The van der Waals surface area contributed by atoms with Crippen LogP contribution in [0.25, 0.3) is 0 Å². The molecule has 3 nitrogen and oxygen atoms in total. The van der Waals surface area contributed by atoms with Crippen LogP contribution in [0.2, 0.25) is 0 Å². The number of Topliss-reactive ketones (excluding diaryl/α,β-unsaturated/α-hetero) is 1. The maximum Gasteiger partial charge on any atom is 0.140 e. The van der Waals surface area contributed by atoms with Gasteiger partial charge < -0.3 is 17.3 Å². The van der Waals surface area contributed by atoms with Gasteiger partial charge in [-0.15, -0.1) is 6.58 Å². The number of piperazine rings is 1. The van der Waals surface area contributed by atoms with Gasteiger partial charge in [0, 0.05) is 44.6 Å². The monoisotopic (exact) mass is 285 g/mol. The Kier molecular flexibility index (Phi) is 6.51. The van der Waals surface area contributed by atoms with E-state index in [2.05, 4.69) is 23.4 Å². The summed E-state index contributed by atoms with van der Waals surface area (Å²) in [6.07, 6.45) is 6.93. The fourth-order valence-electron chi connectivity index (χ4n) is 3.31. The molecular formula is C15H26ClN2O-. The van der Waals surface area contributed by atoms with Crippen LogP contribution in [0.1, 0.15) is 32.1 Å². The lowest BCUT2D eigenvalue weighted by atomic mass is 9.70. The molecule has 1 saturated carbocycles. The predicted octanol–water partition coefficient (Wildman–Crippen LogP) is -1.06. The molecule has 0 aromatic heterocycles. The van der Waals surface area contributed by atoms with Crippen LogP contribution < -0.4 is 12.4 Å². The number of hydrogen-bond acceptors (Lipinski definition) is 3. The van der Waals surface area contributed by atoms with Crippen molar-refractivity contribution < 1.29 is 17.2 Å². The van der Waals surface area contributed by atoms with E-state index in [1.165, 1.54) is 6.42 Å². The SMILES string of the molecule is C=CCC1(CN2CCN(C)CC2)CCCCC1=O.[Cl-]. The Morgan fingerprint density at radius 2 is 1.95 bits per heavy atom. The largest absolute Gasteiger partial charge is 1.00 e. The Labute approximate surface area is 123 Å². The van der Waals surface area contributed by atoms with E-state index in [1.54, 1.807) is 0 Å². The van der Waals surface area contributed by atoms with Gasteiger partial charge in [-0.3, -0.25) is 9.69 Å². The van der Waals surface area contributed by atoms with Gasteiger partial charge in [-0.1, -0.05) is 12.5 Å². The molecule has 2 aliphatic rings. The van der Waals surface area contributed by atoms with Gasteiger partial charge in [0.15, 0.2) is 0 Å². The Bertz CT molecular complexity index is 313. The Morgan fingerprint density at radius 3 is 2.53 bits per heavy atom. The minimum absolute atomic E-state index is 0. The van der Waals surface area contributed by atoms with Crippen molar-refractivity contribution >= 4 is 5.78 Å². The van der Waals surface area contributed by atoms with Crippen molar-refractivity contribution in [2.45, 2.75) is 32.1 Å². The van der Waals surface area contributed by atoms with Gasteiger partial charge in [0.25, 0.3) is 0 Å². The zero-order valence-corrected chi connectivity index (χ0v) is 12.8. The van der Waals surface area contributed by atoms with Gasteiger partial charge in [-0.2, -0.15) is 0 Å². The molecule has 110 valence electrons. The normalized spacial score (nSPS) is 29.8. The summed E-state index contributed by atoms with van der Waals surface area (Å²) in [5, 5.41) is 0. The first-order chi connectivity index (χ1) is 8.66. The fourth-order valence-corrected chi connectivity index (χ4v) is 3.31. The minimum atomic E-state index is -0.115. The third-order valence-corrected chi connectivity index (χ3v) is 4.56. The number of halogens is 1. The maximum atomic E-state index is 12.4. The van der Waals surface area contributed by atoms with Gasteiger partial charge in [-0.05, 0) is 26.3 Å². The first kappa shape index (κ1) is 16.7. The highest BCUT2D eigenvalue weighted by Gasteiger charge is 2.40. The average molecular weight is 286 g/mol. The molecular weight excluding hydrogens is 260 g/mol. The van der Waals surface area contributed by atoms with Crippen LogP contribution in [-0.4, -0.2) is 55.4 Å². The number of ketones is 1. The molecule has 1 atom stereocenters. The van der Waals surface area contributed by atoms with Crippen molar-refractivity contribution in [1.29, 1.82) is 0 Å². The molecule has 2 rings (SSSR count). The third kappa shape index (κ3) is 4.04. The minimum Gasteiger partial charge on any atom is -1.00 e. The van der Waals surface area contributed by atoms with Crippen LogP contribution in [-0.2, 0) is 4.79 Å². The number of hydrogen-bond donors (Lipinski definition) is 0. The average Bonchev–Trinajstić information content (AvgIpc) is 2.36. The molecule has 0 amide bonds. The number of likely N-dealkylation sites (N-methyl/N-ethyl adjacent to an activating group) is 1. The zero-order valence-electron chi connectivity index (χ0n) is 12.0. The molecule has 0 aromatic rings. The highest BCUT2D eigenvalue weighted by molar-refractivity contribution is 5.86. The van der Waals surface area contributed by atoms with Gasteiger partial charge in [-0.25, -0.2) is 0 Å². The van der Waals surface area contributed by atoms with E-state index >= 15 is 0 Å². The summed E-state index contributed by atoms with van der Waals surface area (Å²) in [7, 11) is 2.17. The molecule has 2 fully saturated rings.